The average Bonchev–Trinajstić information content (AvgIpc) is 3.76. The van der Waals surface area contributed by atoms with Crippen LogP contribution in [0.4, 0.5) is 11.4 Å². The number of fused-ring (bicyclic) bond motifs is 5. The summed E-state index contributed by atoms with van der Waals surface area (Å²) in [5, 5.41) is 1.25. The molecule has 0 fully saturated rings. The molecule has 0 amide bonds. The zero-order chi connectivity index (χ0) is 44.6. The van der Waals surface area contributed by atoms with Crippen LogP contribution in [-0.4, -0.2) is 20.6 Å². The van der Waals surface area contributed by atoms with Gasteiger partial charge in [0.1, 0.15) is 0 Å². The van der Waals surface area contributed by atoms with Gasteiger partial charge in [0.05, 0.1) is 34.0 Å². The van der Waals surface area contributed by atoms with Crippen LogP contribution >= 0.6 is 0 Å². The van der Waals surface area contributed by atoms with Crippen LogP contribution in [0.2, 0.25) is 0 Å². The second-order valence-corrected chi connectivity index (χ2v) is 17.4. The molecule has 1 aliphatic carbocycles. The molecule has 0 N–H and O–H groups in total. The number of rotatable bonds is 10. The summed E-state index contributed by atoms with van der Waals surface area (Å²) in [6.45, 7) is 8.85. The molecule has 9 aromatic rings. The van der Waals surface area contributed by atoms with E-state index >= 15 is 0 Å². The number of hydrogen-bond acceptors (Lipinski definition) is 3. The first-order valence-electron chi connectivity index (χ1n) is 23.0. The van der Waals surface area contributed by atoms with Gasteiger partial charge in [0.25, 0.3) is 0 Å². The quantitative estimate of drug-likeness (QED) is 0.102. The van der Waals surface area contributed by atoms with E-state index in [2.05, 4.69) is 224 Å². The van der Waals surface area contributed by atoms with Gasteiger partial charge in [0.15, 0.2) is 0 Å². The van der Waals surface area contributed by atoms with Crippen LogP contribution in [0.1, 0.15) is 36.8 Å². The Hall–Kier alpha value is -8.08. The Balaban J connectivity index is 0.948. The van der Waals surface area contributed by atoms with Crippen molar-refractivity contribution in [2.75, 3.05) is 4.90 Å². The first-order valence-corrected chi connectivity index (χ1v) is 23.0. The maximum atomic E-state index is 5.30. The second kappa shape index (κ2) is 17.5. The smallest absolute Gasteiger partial charge is 0.0973 e. The summed E-state index contributed by atoms with van der Waals surface area (Å²) in [5.41, 5.74) is 19.9. The molecule has 7 aromatic carbocycles. The predicted octanol–water partition coefficient (Wildman–Crippen LogP) is 16.1. The Bertz CT molecular complexity index is 3390. The third-order valence-electron chi connectivity index (χ3n) is 13.2. The fourth-order valence-corrected chi connectivity index (χ4v) is 9.79. The molecule has 11 rings (SSSR count). The third kappa shape index (κ3) is 7.61. The molecule has 2 aliphatic rings. The molecular formula is C62H50N4. The molecule has 4 heteroatoms. The van der Waals surface area contributed by atoms with E-state index < -0.39 is 0 Å². The zero-order valence-corrected chi connectivity index (χ0v) is 37.3. The van der Waals surface area contributed by atoms with Crippen molar-refractivity contribution in [3.63, 3.8) is 0 Å². The first kappa shape index (κ1) is 40.7. The van der Waals surface area contributed by atoms with Crippen LogP contribution in [0.5, 0.6) is 0 Å². The van der Waals surface area contributed by atoms with Gasteiger partial charge in [-0.3, -0.25) is 0 Å². The van der Waals surface area contributed by atoms with E-state index in [-0.39, 0.29) is 12.0 Å². The Morgan fingerprint density at radius 1 is 0.636 bits per heavy atom. The largest absolute Gasteiger partial charge is 0.333 e. The van der Waals surface area contributed by atoms with Gasteiger partial charge in [-0.1, -0.05) is 165 Å². The molecule has 0 saturated heterocycles. The highest BCUT2D eigenvalue weighted by molar-refractivity contribution is 5.91. The summed E-state index contributed by atoms with van der Waals surface area (Å²) in [7, 11) is 0. The molecule has 66 heavy (non-hydrogen) atoms. The highest BCUT2D eigenvalue weighted by Crippen LogP contribution is 2.50. The molecular weight excluding hydrogens is 801 g/mol. The first-order chi connectivity index (χ1) is 32.5. The van der Waals surface area contributed by atoms with Crippen molar-refractivity contribution < 1.29 is 0 Å². The van der Waals surface area contributed by atoms with Gasteiger partial charge in [0.2, 0.25) is 0 Å². The van der Waals surface area contributed by atoms with E-state index in [1.807, 2.05) is 24.3 Å². The highest BCUT2D eigenvalue weighted by Gasteiger charge is 2.38. The van der Waals surface area contributed by atoms with Gasteiger partial charge < -0.3 is 9.47 Å². The summed E-state index contributed by atoms with van der Waals surface area (Å²) in [5.74, 6) is 0.148. The number of aromatic nitrogens is 3. The van der Waals surface area contributed by atoms with Crippen molar-refractivity contribution in [2.24, 2.45) is 0 Å². The van der Waals surface area contributed by atoms with Gasteiger partial charge in [-0.25, -0.2) is 9.97 Å². The topological polar surface area (TPSA) is 34.0 Å². The number of anilines is 2. The Labute approximate surface area is 387 Å². The number of aryl methyl sites for hydroxylation is 1. The molecule has 4 nitrogen and oxygen atoms in total. The molecule has 0 saturated carbocycles. The summed E-state index contributed by atoms with van der Waals surface area (Å²) >= 11 is 0. The molecule has 2 aromatic heterocycles. The number of allylic oxidation sites excluding steroid dienone is 7. The maximum Gasteiger partial charge on any atom is 0.0973 e. The normalized spacial score (nSPS) is 15.7. The van der Waals surface area contributed by atoms with E-state index in [1.54, 1.807) is 0 Å². The number of benzene rings is 7. The SMILES string of the molecule is C=C(/C=C\C=C/CC)C1=CC2c3cc(-c4ccccc4)ccc3N(c3ccc(-c4nc5ccccc5nc4-c4ccc(-n5cc(C)c6cc(-c7ccccc7)ccc65)cc4)cc3)C2C=CC1. The van der Waals surface area contributed by atoms with Crippen LogP contribution in [0, 0.1) is 6.92 Å². The van der Waals surface area contributed by atoms with E-state index in [1.165, 1.54) is 55.5 Å². The standard InChI is InChI=1S/C62H50N4/c1-4-5-6-9-17-42(2)48-22-16-25-59-54(38-48)55-40-50(45-20-12-8-13-21-45)31-37-60(55)66(59)52-34-28-47(29-35-52)62-61(63-56-23-14-15-24-57(56)64-62)46-26-32-51(33-27-46)65-41-43(3)53-39-49(30-36-58(53)65)44-18-10-7-11-19-44/h5-21,23-41,54,59H,2,4,22H2,1,3H3/b6-5-,17-9-. The minimum atomic E-state index is 0.104. The minimum Gasteiger partial charge on any atom is -0.333 e. The molecule has 3 heterocycles. The number of hydrogen-bond donors (Lipinski definition) is 0. The van der Waals surface area contributed by atoms with Crippen LogP contribution in [0.3, 0.4) is 0 Å². The van der Waals surface area contributed by atoms with Crippen molar-refractivity contribution in [1.29, 1.82) is 0 Å². The highest BCUT2D eigenvalue weighted by atomic mass is 15.2. The number of para-hydroxylation sites is 2. The Morgan fingerprint density at radius 2 is 1.23 bits per heavy atom. The van der Waals surface area contributed by atoms with Gasteiger partial charge in [-0.05, 0) is 125 Å². The fourth-order valence-electron chi connectivity index (χ4n) is 9.79. The predicted molar refractivity (Wildman–Crippen MR) is 278 cm³/mol. The summed E-state index contributed by atoms with van der Waals surface area (Å²) in [6.07, 6.45) is 19.8. The van der Waals surface area contributed by atoms with Crippen molar-refractivity contribution >= 4 is 33.3 Å². The molecule has 2 atom stereocenters. The maximum absolute atomic E-state index is 5.30. The monoisotopic (exact) mass is 850 g/mol. The van der Waals surface area contributed by atoms with Crippen molar-refractivity contribution in [3.8, 4) is 50.5 Å². The molecule has 0 radical (unpaired) electrons. The summed E-state index contributed by atoms with van der Waals surface area (Å²) in [6, 6.07) is 61.0. The zero-order valence-electron chi connectivity index (χ0n) is 37.3. The molecule has 2 unspecified atom stereocenters. The van der Waals surface area contributed by atoms with Crippen LogP contribution in [0.25, 0.3) is 72.4 Å². The molecule has 1 aliphatic heterocycles. The lowest BCUT2D eigenvalue weighted by Crippen LogP contribution is -2.27. The van der Waals surface area contributed by atoms with Gasteiger partial charge >= 0.3 is 0 Å². The average molecular weight is 851 g/mol. The lowest BCUT2D eigenvalue weighted by molar-refractivity contribution is 0.753. The number of nitrogens with zero attached hydrogens (tertiary/aromatic N) is 4. The lowest BCUT2D eigenvalue weighted by Gasteiger charge is -2.27. The van der Waals surface area contributed by atoms with Gasteiger partial charge in [-0.2, -0.15) is 0 Å². The summed E-state index contributed by atoms with van der Waals surface area (Å²) < 4.78 is 2.29. The van der Waals surface area contributed by atoms with E-state index in [0.717, 1.165) is 63.3 Å². The third-order valence-corrected chi connectivity index (χ3v) is 13.2. The van der Waals surface area contributed by atoms with Crippen LogP contribution < -0.4 is 4.90 Å². The van der Waals surface area contributed by atoms with Crippen molar-refractivity contribution in [1.82, 2.24) is 14.5 Å². The second-order valence-electron chi connectivity index (χ2n) is 17.4. The van der Waals surface area contributed by atoms with Gasteiger partial charge in [0, 0.05) is 45.7 Å². The van der Waals surface area contributed by atoms with E-state index in [9.17, 15) is 0 Å². The van der Waals surface area contributed by atoms with Crippen molar-refractivity contribution in [3.05, 3.63) is 247 Å². The van der Waals surface area contributed by atoms with E-state index in [0.29, 0.717) is 0 Å². The molecule has 0 bridgehead atoms. The van der Waals surface area contributed by atoms with Gasteiger partial charge in [-0.15, -0.1) is 0 Å². The minimum absolute atomic E-state index is 0.104. The molecule has 318 valence electrons. The Morgan fingerprint density at radius 3 is 1.88 bits per heavy atom. The van der Waals surface area contributed by atoms with Crippen LogP contribution in [0.15, 0.2) is 236 Å². The molecule has 0 spiro atoms. The fraction of sp³-hybridized carbons (Fsp3) is 0.0968. The van der Waals surface area contributed by atoms with Crippen molar-refractivity contribution in [2.45, 2.75) is 38.6 Å². The Kier molecular flexibility index (Phi) is 10.8. The summed E-state index contributed by atoms with van der Waals surface area (Å²) in [4.78, 5) is 13.1. The van der Waals surface area contributed by atoms with Crippen LogP contribution in [-0.2, 0) is 0 Å². The lowest BCUT2D eigenvalue weighted by atomic mass is 9.90. The van der Waals surface area contributed by atoms with E-state index in [4.69, 9.17) is 9.97 Å².